The molecular formula is C22H28N2O7. The van der Waals surface area contributed by atoms with Gasteiger partial charge in [-0.3, -0.25) is 14.4 Å². The molecule has 3 aliphatic rings. The molecule has 9 nitrogen and oxygen atoms in total. The highest BCUT2D eigenvalue weighted by Gasteiger charge is 2.43. The summed E-state index contributed by atoms with van der Waals surface area (Å²) in [7, 11) is 3.07. The number of ether oxygens (including phenoxy) is 4. The first kappa shape index (κ1) is 21.4. The van der Waals surface area contributed by atoms with Gasteiger partial charge in [-0.15, -0.1) is 0 Å². The molecule has 4 rings (SSSR count). The Balaban J connectivity index is 1.43. The van der Waals surface area contributed by atoms with E-state index in [9.17, 15) is 14.4 Å². The van der Waals surface area contributed by atoms with Gasteiger partial charge in [-0.2, -0.15) is 0 Å². The molecule has 3 saturated heterocycles. The van der Waals surface area contributed by atoms with Crippen molar-refractivity contribution >= 4 is 17.8 Å². The fourth-order valence-corrected chi connectivity index (χ4v) is 4.46. The molecule has 3 heterocycles. The highest BCUT2D eigenvalue weighted by atomic mass is 16.6. The molecule has 168 valence electrons. The van der Waals surface area contributed by atoms with Gasteiger partial charge in [0.05, 0.1) is 26.6 Å². The maximum Gasteiger partial charge on any atom is 0.307 e. The number of nitrogens with zero attached hydrogens (tertiary/aromatic N) is 2. The van der Waals surface area contributed by atoms with Crippen LogP contribution in [0.2, 0.25) is 0 Å². The first-order valence-corrected chi connectivity index (χ1v) is 10.6. The Bertz CT molecular complexity index is 844. The first-order chi connectivity index (χ1) is 15.0. The van der Waals surface area contributed by atoms with E-state index in [0.717, 1.165) is 12.8 Å². The normalized spacial score (nSPS) is 26.0. The standard InChI is InChI=1S/C22H28N2O7/c1-28-16-6-5-14(12-18(16)29-2)20-15(13-19(25)31-20)21(26)23-7-9-24(10-8-23)22(27)17-4-3-11-30-17/h5-6,12,15,17,20H,3-4,7-11,13H2,1-2H3/t15-,17?,20-/m1/s1. The summed E-state index contributed by atoms with van der Waals surface area (Å²) in [5, 5.41) is 0. The van der Waals surface area contributed by atoms with E-state index in [-0.39, 0.29) is 24.3 Å². The van der Waals surface area contributed by atoms with Gasteiger partial charge in [-0.1, -0.05) is 6.07 Å². The number of amides is 2. The van der Waals surface area contributed by atoms with Crippen molar-refractivity contribution in [1.82, 2.24) is 9.80 Å². The van der Waals surface area contributed by atoms with Crippen LogP contribution in [0.4, 0.5) is 0 Å². The van der Waals surface area contributed by atoms with Gasteiger partial charge in [0, 0.05) is 32.8 Å². The van der Waals surface area contributed by atoms with Crippen molar-refractivity contribution in [2.24, 2.45) is 5.92 Å². The van der Waals surface area contributed by atoms with E-state index in [0.29, 0.717) is 49.8 Å². The van der Waals surface area contributed by atoms with Gasteiger partial charge < -0.3 is 28.7 Å². The van der Waals surface area contributed by atoms with Crippen LogP contribution in [0.15, 0.2) is 18.2 Å². The Morgan fingerprint density at radius 1 is 1.00 bits per heavy atom. The van der Waals surface area contributed by atoms with E-state index in [4.69, 9.17) is 18.9 Å². The lowest BCUT2D eigenvalue weighted by molar-refractivity contribution is -0.148. The van der Waals surface area contributed by atoms with Crippen molar-refractivity contribution in [3.05, 3.63) is 23.8 Å². The molecule has 9 heteroatoms. The summed E-state index contributed by atoms with van der Waals surface area (Å²) in [5.41, 5.74) is 0.689. The summed E-state index contributed by atoms with van der Waals surface area (Å²) >= 11 is 0. The Hall–Kier alpha value is -2.81. The molecule has 0 spiro atoms. The largest absolute Gasteiger partial charge is 0.493 e. The Labute approximate surface area is 181 Å². The van der Waals surface area contributed by atoms with Crippen LogP contribution in [0.25, 0.3) is 0 Å². The molecule has 1 aromatic rings. The predicted octanol–water partition coefficient (Wildman–Crippen LogP) is 1.16. The second kappa shape index (κ2) is 9.13. The van der Waals surface area contributed by atoms with E-state index in [1.54, 1.807) is 35.1 Å². The number of cyclic esters (lactones) is 1. The van der Waals surface area contributed by atoms with E-state index in [1.807, 2.05) is 0 Å². The van der Waals surface area contributed by atoms with Gasteiger partial charge >= 0.3 is 5.97 Å². The van der Waals surface area contributed by atoms with Crippen molar-refractivity contribution in [3.8, 4) is 11.5 Å². The van der Waals surface area contributed by atoms with Crippen molar-refractivity contribution < 1.29 is 33.3 Å². The number of hydrogen-bond acceptors (Lipinski definition) is 7. The van der Waals surface area contributed by atoms with Gasteiger partial charge in [-0.05, 0) is 30.5 Å². The van der Waals surface area contributed by atoms with E-state index >= 15 is 0 Å². The lowest BCUT2D eigenvalue weighted by Crippen LogP contribution is -2.54. The smallest absolute Gasteiger partial charge is 0.307 e. The molecule has 0 N–H and O–H groups in total. The second-order valence-electron chi connectivity index (χ2n) is 7.99. The number of piperazine rings is 1. The van der Waals surface area contributed by atoms with Gasteiger partial charge in [0.25, 0.3) is 5.91 Å². The number of carbonyl (C=O) groups excluding carboxylic acids is 3. The molecule has 0 saturated carbocycles. The maximum absolute atomic E-state index is 13.2. The number of benzene rings is 1. The van der Waals surface area contributed by atoms with Gasteiger partial charge in [0.2, 0.25) is 5.91 Å². The highest BCUT2D eigenvalue weighted by Crippen LogP contribution is 2.40. The molecule has 0 radical (unpaired) electrons. The number of methoxy groups -OCH3 is 2. The van der Waals surface area contributed by atoms with Crippen LogP contribution >= 0.6 is 0 Å². The Morgan fingerprint density at radius 2 is 1.68 bits per heavy atom. The SMILES string of the molecule is COc1ccc([C@H]2OC(=O)C[C@H]2C(=O)N2CCN(C(=O)C3CCCO3)CC2)cc1OC. The fourth-order valence-electron chi connectivity index (χ4n) is 4.46. The molecule has 1 unspecified atom stereocenters. The summed E-state index contributed by atoms with van der Waals surface area (Å²) in [6.07, 6.45) is 0.672. The lowest BCUT2D eigenvalue weighted by Gasteiger charge is -2.37. The summed E-state index contributed by atoms with van der Waals surface area (Å²) in [6, 6.07) is 5.25. The fraction of sp³-hybridized carbons (Fsp3) is 0.591. The van der Waals surface area contributed by atoms with Crippen LogP contribution in [0.5, 0.6) is 11.5 Å². The van der Waals surface area contributed by atoms with Gasteiger partial charge in [-0.25, -0.2) is 0 Å². The Kier molecular flexibility index (Phi) is 6.31. The molecule has 31 heavy (non-hydrogen) atoms. The number of esters is 1. The van der Waals surface area contributed by atoms with E-state index < -0.39 is 18.0 Å². The number of carbonyl (C=O) groups is 3. The van der Waals surface area contributed by atoms with Gasteiger partial charge in [0.1, 0.15) is 12.2 Å². The Morgan fingerprint density at radius 3 is 2.29 bits per heavy atom. The third-order valence-corrected chi connectivity index (χ3v) is 6.17. The molecule has 0 bridgehead atoms. The summed E-state index contributed by atoms with van der Waals surface area (Å²) < 4.78 is 21.6. The monoisotopic (exact) mass is 432 g/mol. The summed E-state index contributed by atoms with van der Waals surface area (Å²) in [5.74, 6) is -0.0562. The molecular weight excluding hydrogens is 404 g/mol. The van der Waals surface area contributed by atoms with Crippen LogP contribution in [0.3, 0.4) is 0 Å². The molecule has 3 aliphatic heterocycles. The van der Waals surface area contributed by atoms with Crippen LogP contribution in [-0.4, -0.2) is 80.7 Å². The predicted molar refractivity (Wildman–Crippen MR) is 109 cm³/mol. The van der Waals surface area contributed by atoms with Crippen LogP contribution in [0, 0.1) is 5.92 Å². The topological polar surface area (TPSA) is 94.6 Å². The lowest BCUT2D eigenvalue weighted by atomic mass is 9.93. The average Bonchev–Trinajstić information content (AvgIpc) is 3.48. The summed E-state index contributed by atoms with van der Waals surface area (Å²) in [6.45, 7) is 2.42. The molecule has 2 amide bonds. The molecule has 0 aliphatic carbocycles. The van der Waals surface area contributed by atoms with Crippen LogP contribution in [0.1, 0.15) is 30.9 Å². The molecule has 1 aromatic carbocycles. The van der Waals surface area contributed by atoms with Crippen LogP contribution < -0.4 is 9.47 Å². The number of hydrogen-bond donors (Lipinski definition) is 0. The highest BCUT2D eigenvalue weighted by molar-refractivity contribution is 5.87. The molecule has 3 fully saturated rings. The second-order valence-corrected chi connectivity index (χ2v) is 7.99. The first-order valence-electron chi connectivity index (χ1n) is 10.6. The van der Waals surface area contributed by atoms with Crippen LogP contribution in [-0.2, 0) is 23.9 Å². The van der Waals surface area contributed by atoms with Crippen molar-refractivity contribution in [3.63, 3.8) is 0 Å². The zero-order valence-electron chi connectivity index (χ0n) is 17.9. The third-order valence-electron chi connectivity index (χ3n) is 6.17. The minimum absolute atomic E-state index is 0.00665. The minimum atomic E-state index is -0.675. The molecule has 0 aromatic heterocycles. The zero-order valence-corrected chi connectivity index (χ0v) is 17.9. The van der Waals surface area contributed by atoms with Crippen molar-refractivity contribution in [1.29, 1.82) is 0 Å². The maximum atomic E-state index is 13.2. The minimum Gasteiger partial charge on any atom is -0.493 e. The van der Waals surface area contributed by atoms with Gasteiger partial charge in [0.15, 0.2) is 11.5 Å². The third kappa shape index (κ3) is 4.32. The molecule has 3 atom stereocenters. The summed E-state index contributed by atoms with van der Waals surface area (Å²) in [4.78, 5) is 41.3. The van der Waals surface area contributed by atoms with E-state index in [2.05, 4.69) is 0 Å². The number of rotatable bonds is 5. The zero-order chi connectivity index (χ0) is 22.0. The quantitative estimate of drug-likeness (QED) is 0.645. The van der Waals surface area contributed by atoms with Crippen molar-refractivity contribution in [2.45, 2.75) is 31.5 Å². The average molecular weight is 432 g/mol. The van der Waals surface area contributed by atoms with E-state index in [1.165, 1.54) is 7.11 Å². The van der Waals surface area contributed by atoms with Crippen molar-refractivity contribution in [2.75, 3.05) is 47.0 Å².